The summed E-state index contributed by atoms with van der Waals surface area (Å²) in [5.74, 6) is 1.41. The first-order valence-corrected chi connectivity index (χ1v) is 6.83. The van der Waals surface area contributed by atoms with Gasteiger partial charge in [0, 0.05) is 22.6 Å². The summed E-state index contributed by atoms with van der Waals surface area (Å²) in [6.45, 7) is 1.90. The highest BCUT2D eigenvalue weighted by molar-refractivity contribution is 7.99. The molecule has 1 unspecified atom stereocenters. The molecule has 6 N–H and O–H groups in total. The number of ether oxygens (including phenoxy) is 1. The van der Waals surface area contributed by atoms with Gasteiger partial charge in [-0.05, 0) is 30.8 Å². The summed E-state index contributed by atoms with van der Waals surface area (Å²) in [6.07, 6.45) is 0. The number of benzene rings is 1. The Balaban J connectivity index is 2.42. The molecule has 1 heterocycles. The summed E-state index contributed by atoms with van der Waals surface area (Å²) in [7, 11) is 1.62. The molecule has 1 aromatic carbocycles. The first-order valence-electron chi connectivity index (χ1n) is 6.01. The van der Waals surface area contributed by atoms with E-state index in [1.54, 1.807) is 7.11 Å². The van der Waals surface area contributed by atoms with Crippen LogP contribution in [0, 0.1) is 0 Å². The van der Waals surface area contributed by atoms with Crippen LogP contribution in [-0.4, -0.2) is 17.1 Å². The molecule has 0 amide bonds. The van der Waals surface area contributed by atoms with Gasteiger partial charge >= 0.3 is 0 Å². The zero-order chi connectivity index (χ0) is 14.7. The molecule has 2 rings (SSSR count). The number of nitrogens with zero attached hydrogens (tertiary/aromatic N) is 2. The second kappa shape index (κ2) is 5.98. The molecule has 0 spiro atoms. The number of hydrogen-bond acceptors (Lipinski definition) is 7. The predicted molar refractivity (Wildman–Crippen MR) is 80.6 cm³/mol. The maximum atomic E-state index is 6.02. The van der Waals surface area contributed by atoms with Crippen LogP contribution in [-0.2, 0) is 0 Å². The third-order valence-electron chi connectivity index (χ3n) is 2.65. The van der Waals surface area contributed by atoms with Crippen molar-refractivity contribution in [2.75, 3.05) is 18.6 Å². The number of nitrogens with two attached hydrogens (primary N) is 3. The number of anilines is 2. The highest BCUT2D eigenvalue weighted by Gasteiger charge is 2.15. The summed E-state index contributed by atoms with van der Waals surface area (Å²) < 4.78 is 5.35. The van der Waals surface area contributed by atoms with E-state index in [2.05, 4.69) is 9.97 Å². The first-order chi connectivity index (χ1) is 9.51. The summed E-state index contributed by atoms with van der Waals surface area (Å²) in [5, 5.41) is 0.484. The minimum Gasteiger partial charge on any atom is -0.496 e. The van der Waals surface area contributed by atoms with E-state index < -0.39 is 0 Å². The fourth-order valence-corrected chi connectivity index (χ4v) is 2.89. The first kappa shape index (κ1) is 14.4. The van der Waals surface area contributed by atoms with E-state index in [0.717, 1.165) is 16.2 Å². The highest BCUT2D eigenvalue weighted by Crippen LogP contribution is 2.36. The van der Waals surface area contributed by atoms with Gasteiger partial charge in [0.15, 0.2) is 5.16 Å². The van der Waals surface area contributed by atoms with Crippen LogP contribution in [0.25, 0.3) is 0 Å². The van der Waals surface area contributed by atoms with Crippen molar-refractivity contribution in [2.45, 2.75) is 23.0 Å². The average Bonchev–Trinajstić information content (AvgIpc) is 2.36. The van der Waals surface area contributed by atoms with Crippen LogP contribution in [0.15, 0.2) is 34.3 Å². The molecule has 1 aromatic heterocycles. The van der Waals surface area contributed by atoms with E-state index >= 15 is 0 Å². The lowest BCUT2D eigenvalue weighted by molar-refractivity contribution is 0.405. The molecular formula is C13H17N5OS. The largest absolute Gasteiger partial charge is 0.496 e. The smallest absolute Gasteiger partial charge is 0.196 e. The van der Waals surface area contributed by atoms with Crippen LogP contribution in [0.4, 0.5) is 11.6 Å². The molecule has 106 valence electrons. The third-order valence-corrected chi connectivity index (χ3v) is 3.59. The van der Waals surface area contributed by atoms with E-state index in [1.165, 1.54) is 17.8 Å². The van der Waals surface area contributed by atoms with E-state index in [0.29, 0.717) is 16.8 Å². The van der Waals surface area contributed by atoms with Crippen LogP contribution in [0.5, 0.6) is 5.75 Å². The maximum Gasteiger partial charge on any atom is 0.196 e. The van der Waals surface area contributed by atoms with Crippen molar-refractivity contribution in [3.05, 3.63) is 29.8 Å². The van der Waals surface area contributed by atoms with Crippen LogP contribution >= 0.6 is 11.8 Å². The van der Waals surface area contributed by atoms with Crippen molar-refractivity contribution in [3.8, 4) is 5.75 Å². The van der Waals surface area contributed by atoms with Gasteiger partial charge in [-0.25, -0.2) is 9.97 Å². The van der Waals surface area contributed by atoms with Gasteiger partial charge in [0.05, 0.1) is 7.11 Å². The summed E-state index contributed by atoms with van der Waals surface area (Å²) in [5.41, 5.74) is 18.3. The lowest BCUT2D eigenvalue weighted by Crippen LogP contribution is -2.08. The number of rotatable bonds is 4. The molecule has 7 heteroatoms. The molecule has 0 aliphatic heterocycles. The fourth-order valence-electron chi connectivity index (χ4n) is 1.85. The quantitative estimate of drug-likeness (QED) is 0.736. The number of nitrogen functional groups attached to an aromatic ring is 2. The molecule has 0 bridgehead atoms. The zero-order valence-electron chi connectivity index (χ0n) is 11.3. The molecule has 2 aromatic rings. The van der Waals surface area contributed by atoms with Gasteiger partial charge in [-0.1, -0.05) is 6.07 Å². The molecule has 0 radical (unpaired) electrons. The van der Waals surface area contributed by atoms with Crippen molar-refractivity contribution in [1.29, 1.82) is 0 Å². The van der Waals surface area contributed by atoms with Crippen molar-refractivity contribution in [1.82, 2.24) is 9.97 Å². The van der Waals surface area contributed by atoms with Crippen LogP contribution < -0.4 is 21.9 Å². The van der Waals surface area contributed by atoms with Gasteiger partial charge in [0.25, 0.3) is 0 Å². The topological polar surface area (TPSA) is 113 Å². The standard InChI is InChI=1S/C13H17N5OS/c1-7(14)12-8(19-2)4-3-5-9(12)20-13-17-10(15)6-11(16)18-13/h3-7H,14H2,1-2H3,(H4,15,16,17,18). The third kappa shape index (κ3) is 3.12. The average molecular weight is 291 g/mol. The summed E-state index contributed by atoms with van der Waals surface area (Å²) in [6, 6.07) is 7.04. The second-order valence-corrected chi connectivity index (χ2v) is 5.27. The van der Waals surface area contributed by atoms with Gasteiger partial charge in [0.1, 0.15) is 17.4 Å². The van der Waals surface area contributed by atoms with E-state index in [1.807, 2.05) is 25.1 Å². The Morgan fingerprint density at radius 3 is 2.40 bits per heavy atom. The van der Waals surface area contributed by atoms with Crippen molar-refractivity contribution in [2.24, 2.45) is 5.73 Å². The van der Waals surface area contributed by atoms with Gasteiger partial charge < -0.3 is 21.9 Å². The number of aromatic nitrogens is 2. The van der Waals surface area contributed by atoms with E-state index in [9.17, 15) is 0 Å². The van der Waals surface area contributed by atoms with Crippen molar-refractivity contribution < 1.29 is 4.74 Å². The molecule has 0 saturated carbocycles. The lowest BCUT2D eigenvalue weighted by atomic mass is 10.1. The molecule has 0 fully saturated rings. The molecule has 1 atom stereocenters. The number of hydrogen-bond donors (Lipinski definition) is 3. The molecule has 0 aliphatic carbocycles. The SMILES string of the molecule is COc1cccc(Sc2nc(N)cc(N)n2)c1C(C)N. The minimum absolute atomic E-state index is 0.174. The molecule has 0 aliphatic rings. The van der Waals surface area contributed by atoms with Gasteiger partial charge in [-0.15, -0.1) is 0 Å². The Hall–Kier alpha value is -1.99. The molecule has 0 saturated heterocycles. The zero-order valence-corrected chi connectivity index (χ0v) is 12.1. The molecule has 6 nitrogen and oxygen atoms in total. The van der Waals surface area contributed by atoms with Crippen molar-refractivity contribution >= 4 is 23.4 Å². The normalized spacial score (nSPS) is 12.2. The molecular weight excluding hydrogens is 274 g/mol. The number of methoxy groups -OCH3 is 1. The highest BCUT2D eigenvalue weighted by atomic mass is 32.2. The lowest BCUT2D eigenvalue weighted by Gasteiger charge is -2.15. The Kier molecular flexibility index (Phi) is 4.31. The Bertz CT molecular complexity index is 597. The van der Waals surface area contributed by atoms with Gasteiger partial charge in [-0.2, -0.15) is 0 Å². The monoisotopic (exact) mass is 291 g/mol. The Morgan fingerprint density at radius 1 is 1.20 bits per heavy atom. The Labute approximate surface area is 121 Å². The van der Waals surface area contributed by atoms with Gasteiger partial charge in [0.2, 0.25) is 0 Å². The fraction of sp³-hybridized carbons (Fsp3) is 0.231. The Morgan fingerprint density at radius 2 is 1.85 bits per heavy atom. The van der Waals surface area contributed by atoms with E-state index in [-0.39, 0.29) is 6.04 Å². The van der Waals surface area contributed by atoms with Crippen LogP contribution in [0.2, 0.25) is 0 Å². The maximum absolute atomic E-state index is 6.02. The molecule has 20 heavy (non-hydrogen) atoms. The predicted octanol–water partition coefficient (Wildman–Crippen LogP) is 1.82. The van der Waals surface area contributed by atoms with Crippen LogP contribution in [0.1, 0.15) is 18.5 Å². The van der Waals surface area contributed by atoms with Crippen LogP contribution in [0.3, 0.4) is 0 Å². The minimum atomic E-state index is -0.174. The van der Waals surface area contributed by atoms with Gasteiger partial charge in [-0.3, -0.25) is 0 Å². The summed E-state index contributed by atoms with van der Waals surface area (Å²) in [4.78, 5) is 9.23. The summed E-state index contributed by atoms with van der Waals surface area (Å²) >= 11 is 1.36. The second-order valence-electron chi connectivity index (χ2n) is 4.26. The van der Waals surface area contributed by atoms with Crippen molar-refractivity contribution in [3.63, 3.8) is 0 Å². The van der Waals surface area contributed by atoms with E-state index in [4.69, 9.17) is 21.9 Å².